The molecule has 0 radical (unpaired) electrons. The van der Waals surface area contributed by atoms with Crippen molar-refractivity contribution in [1.82, 2.24) is 0 Å². The number of aryl methyl sites for hydroxylation is 2. The summed E-state index contributed by atoms with van der Waals surface area (Å²) in [6, 6.07) is 11.7. The zero-order valence-electron chi connectivity index (χ0n) is 14.1. The first-order valence-electron chi connectivity index (χ1n) is 8.10. The molecule has 2 aromatic carbocycles. The molecule has 1 atom stereocenters. The molecule has 2 amide bonds. The molecule has 3 rings (SSSR count). The third-order valence-electron chi connectivity index (χ3n) is 4.36. The second-order valence-electron chi connectivity index (χ2n) is 6.50. The molecule has 1 aliphatic heterocycles. The Morgan fingerprint density at radius 3 is 2.24 bits per heavy atom. The standard InChI is InChI=1S/C20H19NO4/c1-12-7-13(2)9-14(8-12)10-16-11-18(22)21(19(16)23)17-5-3-15(4-6-17)20(24)25/h3-9,16H,10-11H2,1-2H3,(H,24,25)/p-1/t16-/m0/s1. The van der Waals surface area contributed by atoms with Crippen molar-refractivity contribution < 1.29 is 19.5 Å². The van der Waals surface area contributed by atoms with Gasteiger partial charge >= 0.3 is 0 Å². The summed E-state index contributed by atoms with van der Waals surface area (Å²) in [6.45, 7) is 4.01. The maximum absolute atomic E-state index is 12.7. The number of carboxylic acid groups (broad SMARTS) is 1. The lowest BCUT2D eigenvalue weighted by Crippen LogP contribution is -2.31. The summed E-state index contributed by atoms with van der Waals surface area (Å²) in [7, 11) is 0. The van der Waals surface area contributed by atoms with Crippen LogP contribution in [0.3, 0.4) is 0 Å². The smallest absolute Gasteiger partial charge is 0.237 e. The van der Waals surface area contributed by atoms with E-state index < -0.39 is 11.9 Å². The van der Waals surface area contributed by atoms with Gasteiger partial charge in [-0.1, -0.05) is 41.5 Å². The molecule has 128 valence electrons. The number of anilines is 1. The number of amides is 2. The van der Waals surface area contributed by atoms with E-state index in [1.54, 1.807) is 0 Å². The van der Waals surface area contributed by atoms with Crippen molar-refractivity contribution in [3.8, 4) is 0 Å². The Morgan fingerprint density at radius 2 is 1.68 bits per heavy atom. The second-order valence-corrected chi connectivity index (χ2v) is 6.50. The number of imide groups is 1. The molecule has 0 aliphatic carbocycles. The Bertz CT molecular complexity index is 834. The highest BCUT2D eigenvalue weighted by Gasteiger charge is 2.39. The molecule has 2 aromatic rings. The minimum Gasteiger partial charge on any atom is -0.545 e. The number of carboxylic acids is 1. The van der Waals surface area contributed by atoms with Crippen LogP contribution in [0, 0.1) is 19.8 Å². The fourth-order valence-corrected chi connectivity index (χ4v) is 3.34. The van der Waals surface area contributed by atoms with Crippen LogP contribution in [0.2, 0.25) is 0 Å². The van der Waals surface area contributed by atoms with Crippen LogP contribution >= 0.6 is 0 Å². The van der Waals surface area contributed by atoms with E-state index in [9.17, 15) is 19.5 Å². The van der Waals surface area contributed by atoms with E-state index in [1.807, 2.05) is 26.0 Å². The summed E-state index contributed by atoms with van der Waals surface area (Å²) in [4.78, 5) is 37.0. The van der Waals surface area contributed by atoms with Gasteiger partial charge in [0.15, 0.2) is 0 Å². The van der Waals surface area contributed by atoms with Gasteiger partial charge in [0.2, 0.25) is 11.8 Å². The second kappa shape index (κ2) is 6.51. The number of carbonyl (C=O) groups is 3. The number of aromatic carboxylic acids is 1. The molecule has 25 heavy (non-hydrogen) atoms. The molecule has 0 bridgehead atoms. The zero-order chi connectivity index (χ0) is 18.1. The lowest BCUT2D eigenvalue weighted by molar-refractivity contribution is -0.255. The normalized spacial score (nSPS) is 17.2. The number of hydrogen-bond acceptors (Lipinski definition) is 4. The fraction of sp³-hybridized carbons (Fsp3) is 0.250. The number of benzene rings is 2. The number of nitrogens with zero attached hydrogens (tertiary/aromatic N) is 1. The molecule has 1 aliphatic rings. The van der Waals surface area contributed by atoms with Crippen molar-refractivity contribution in [3.63, 3.8) is 0 Å². The molecule has 0 N–H and O–H groups in total. The van der Waals surface area contributed by atoms with Crippen LogP contribution in [-0.2, 0) is 16.0 Å². The van der Waals surface area contributed by atoms with Gasteiger partial charge in [-0.3, -0.25) is 14.5 Å². The van der Waals surface area contributed by atoms with E-state index in [0.29, 0.717) is 12.1 Å². The predicted octanol–water partition coefficient (Wildman–Crippen LogP) is 1.79. The van der Waals surface area contributed by atoms with Crippen LogP contribution in [0.1, 0.15) is 33.5 Å². The van der Waals surface area contributed by atoms with Gasteiger partial charge in [-0.15, -0.1) is 0 Å². The van der Waals surface area contributed by atoms with E-state index in [4.69, 9.17) is 0 Å². The average molecular weight is 336 g/mol. The van der Waals surface area contributed by atoms with Crippen molar-refractivity contribution in [2.75, 3.05) is 4.90 Å². The number of hydrogen-bond donors (Lipinski definition) is 0. The highest BCUT2D eigenvalue weighted by molar-refractivity contribution is 6.21. The quantitative estimate of drug-likeness (QED) is 0.798. The maximum atomic E-state index is 12.7. The summed E-state index contributed by atoms with van der Waals surface area (Å²) in [5, 5.41) is 10.8. The third-order valence-corrected chi connectivity index (χ3v) is 4.36. The van der Waals surface area contributed by atoms with Crippen molar-refractivity contribution >= 4 is 23.5 Å². The van der Waals surface area contributed by atoms with Gasteiger partial charge in [0.05, 0.1) is 17.6 Å². The Labute approximate surface area is 145 Å². The average Bonchev–Trinajstić information content (AvgIpc) is 2.80. The van der Waals surface area contributed by atoms with Gasteiger partial charge in [-0.25, -0.2) is 0 Å². The first-order valence-corrected chi connectivity index (χ1v) is 8.10. The van der Waals surface area contributed by atoms with Crippen LogP contribution < -0.4 is 10.0 Å². The molecular formula is C20H18NO4-. The van der Waals surface area contributed by atoms with E-state index in [-0.39, 0.29) is 23.8 Å². The molecule has 1 saturated heterocycles. The van der Waals surface area contributed by atoms with Crippen LogP contribution in [-0.4, -0.2) is 17.8 Å². The van der Waals surface area contributed by atoms with E-state index in [0.717, 1.165) is 21.6 Å². The summed E-state index contributed by atoms with van der Waals surface area (Å²) >= 11 is 0. The Kier molecular flexibility index (Phi) is 4.40. The van der Waals surface area contributed by atoms with Gasteiger partial charge < -0.3 is 9.90 Å². The van der Waals surface area contributed by atoms with Crippen LogP contribution in [0.25, 0.3) is 0 Å². The summed E-state index contributed by atoms with van der Waals surface area (Å²) in [5.74, 6) is -2.20. The van der Waals surface area contributed by atoms with Gasteiger partial charge in [0.1, 0.15) is 0 Å². The van der Waals surface area contributed by atoms with E-state index >= 15 is 0 Å². The summed E-state index contributed by atoms with van der Waals surface area (Å²) in [5.41, 5.74) is 3.69. The first kappa shape index (κ1) is 16.9. The molecule has 5 heteroatoms. The van der Waals surface area contributed by atoms with Crippen LogP contribution in [0.5, 0.6) is 0 Å². The largest absolute Gasteiger partial charge is 0.545 e. The minimum absolute atomic E-state index is 0.00892. The molecule has 0 aromatic heterocycles. The lowest BCUT2D eigenvalue weighted by atomic mass is 9.95. The van der Waals surface area contributed by atoms with Gasteiger partial charge in [0, 0.05) is 6.42 Å². The molecule has 0 spiro atoms. The number of rotatable bonds is 4. The van der Waals surface area contributed by atoms with E-state index in [1.165, 1.54) is 24.3 Å². The molecule has 1 heterocycles. The van der Waals surface area contributed by atoms with Crippen LogP contribution in [0.4, 0.5) is 5.69 Å². The zero-order valence-corrected chi connectivity index (χ0v) is 14.1. The Balaban J connectivity index is 1.81. The van der Waals surface area contributed by atoms with E-state index in [2.05, 4.69) is 6.07 Å². The maximum Gasteiger partial charge on any atom is 0.237 e. The Hall–Kier alpha value is -2.95. The summed E-state index contributed by atoms with van der Waals surface area (Å²) in [6.07, 6.45) is 0.675. The molecule has 0 saturated carbocycles. The van der Waals surface area contributed by atoms with Crippen molar-refractivity contribution in [1.29, 1.82) is 0 Å². The molecular weight excluding hydrogens is 318 g/mol. The predicted molar refractivity (Wildman–Crippen MR) is 91.0 cm³/mol. The third kappa shape index (κ3) is 3.45. The highest BCUT2D eigenvalue weighted by atomic mass is 16.4. The topological polar surface area (TPSA) is 77.5 Å². The van der Waals surface area contributed by atoms with Gasteiger partial charge in [0.25, 0.3) is 0 Å². The SMILES string of the molecule is Cc1cc(C)cc(C[C@H]2CC(=O)N(c3ccc(C(=O)[O-])cc3)C2=O)c1. The van der Waals surface area contributed by atoms with Gasteiger partial charge in [-0.2, -0.15) is 0 Å². The number of carbonyl (C=O) groups excluding carboxylic acids is 3. The minimum atomic E-state index is -1.29. The lowest BCUT2D eigenvalue weighted by Gasteiger charge is -2.16. The highest BCUT2D eigenvalue weighted by Crippen LogP contribution is 2.29. The Morgan fingerprint density at radius 1 is 1.08 bits per heavy atom. The van der Waals surface area contributed by atoms with Crippen molar-refractivity contribution in [2.24, 2.45) is 5.92 Å². The monoisotopic (exact) mass is 336 g/mol. The summed E-state index contributed by atoms with van der Waals surface area (Å²) < 4.78 is 0. The molecule has 0 unspecified atom stereocenters. The molecule has 5 nitrogen and oxygen atoms in total. The van der Waals surface area contributed by atoms with Crippen LogP contribution in [0.15, 0.2) is 42.5 Å². The first-order chi connectivity index (χ1) is 11.8. The van der Waals surface area contributed by atoms with Crippen molar-refractivity contribution in [3.05, 3.63) is 64.7 Å². The van der Waals surface area contributed by atoms with Gasteiger partial charge in [-0.05, 0) is 43.5 Å². The molecule has 1 fully saturated rings. The van der Waals surface area contributed by atoms with Crippen molar-refractivity contribution in [2.45, 2.75) is 26.7 Å². The fourth-order valence-electron chi connectivity index (χ4n) is 3.34.